The van der Waals surface area contributed by atoms with Gasteiger partial charge in [0.2, 0.25) is 0 Å². The Balaban J connectivity index is 1.78. The molecule has 1 amide bonds. The summed E-state index contributed by atoms with van der Waals surface area (Å²) in [4.78, 5) is 24.5. The number of carbonyl (C=O) groups excluding carboxylic acids is 1. The Morgan fingerprint density at radius 1 is 1.40 bits per heavy atom. The fraction of sp³-hybridized carbons (Fsp3) is 0.571. The van der Waals surface area contributed by atoms with Crippen molar-refractivity contribution >= 4 is 11.9 Å². The standard InChI is InChI=1S/C14H20N2O4/c1-15-7-2-3-12(15)14(19)16-8-4-11(5-9-16)20-10-6-13(17)18/h2-3,7,11H,4-6,8-10H2,1H3,(H,17,18). The van der Waals surface area contributed by atoms with Crippen molar-refractivity contribution in [3.63, 3.8) is 0 Å². The van der Waals surface area contributed by atoms with Crippen LogP contribution in [0, 0.1) is 0 Å². The third-order valence-corrected chi connectivity index (χ3v) is 3.56. The van der Waals surface area contributed by atoms with Gasteiger partial charge in [-0.3, -0.25) is 9.59 Å². The molecule has 2 heterocycles. The average Bonchev–Trinajstić information content (AvgIpc) is 2.84. The highest BCUT2D eigenvalue weighted by atomic mass is 16.5. The number of hydrogen-bond acceptors (Lipinski definition) is 3. The summed E-state index contributed by atoms with van der Waals surface area (Å²) >= 11 is 0. The highest BCUT2D eigenvalue weighted by Crippen LogP contribution is 2.16. The molecule has 2 rings (SSSR count). The van der Waals surface area contributed by atoms with E-state index in [9.17, 15) is 9.59 Å². The summed E-state index contributed by atoms with van der Waals surface area (Å²) in [6.45, 7) is 1.55. The largest absolute Gasteiger partial charge is 0.481 e. The summed E-state index contributed by atoms with van der Waals surface area (Å²) in [5.41, 5.74) is 0.690. The fourth-order valence-electron chi connectivity index (χ4n) is 2.38. The van der Waals surface area contributed by atoms with Crippen LogP contribution in [0.2, 0.25) is 0 Å². The van der Waals surface area contributed by atoms with Crippen LogP contribution < -0.4 is 0 Å². The number of amides is 1. The Morgan fingerprint density at radius 2 is 2.10 bits per heavy atom. The number of likely N-dealkylation sites (tertiary alicyclic amines) is 1. The lowest BCUT2D eigenvalue weighted by Crippen LogP contribution is -2.41. The highest BCUT2D eigenvalue weighted by molar-refractivity contribution is 5.92. The van der Waals surface area contributed by atoms with E-state index in [1.807, 2.05) is 34.8 Å². The van der Waals surface area contributed by atoms with Gasteiger partial charge in [-0.1, -0.05) is 0 Å². The van der Waals surface area contributed by atoms with E-state index in [2.05, 4.69) is 0 Å². The van der Waals surface area contributed by atoms with Crippen LogP contribution in [-0.2, 0) is 16.6 Å². The van der Waals surface area contributed by atoms with Gasteiger partial charge in [-0.15, -0.1) is 0 Å². The molecule has 0 atom stereocenters. The maximum atomic E-state index is 12.3. The van der Waals surface area contributed by atoms with Crippen LogP contribution in [0.15, 0.2) is 18.3 Å². The Bertz CT molecular complexity index is 475. The van der Waals surface area contributed by atoms with Gasteiger partial charge in [-0.25, -0.2) is 0 Å². The second kappa shape index (κ2) is 6.56. The number of piperidine rings is 1. The van der Waals surface area contributed by atoms with E-state index < -0.39 is 5.97 Å². The van der Waals surface area contributed by atoms with Gasteiger partial charge in [0, 0.05) is 26.3 Å². The van der Waals surface area contributed by atoms with E-state index in [0.717, 1.165) is 12.8 Å². The normalized spacial score (nSPS) is 16.4. The van der Waals surface area contributed by atoms with Gasteiger partial charge in [0.25, 0.3) is 5.91 Å². The predicted molar refractivity (Wildman–Crippen MR) is 72.5 cm³/mol. The number of nitrogens with zero attached hydrogens (tertiary/aromatic N) is 2. The number of ether oxygens (including phenoxy) is 1. The molecule has 1 fully saturated rings. The van der Waals surface area contributed by atoms with Crippen LogP contribution in [0.4, 0.5) is 0 Å². The molecule has 0 aliphatic carbocycles. The number of carboxylic acid groups (broad SMARTS) is 1. The number of aryl methyl sites for hydroxylation is 1. The molecule has 0 unspecified atom stereocenters. The lowest BCUT2D eigenvalue weighted by atomic mass is 10.1. The number of carbonyl (C=O) groups is 2. The minimum atomic E-state index is -0.846. The summed E-state index contributed by atoms with van der Waals surface area (Å²) in [6.07, 6.45) is 3.47. The van der Waals surface area contributed by atoms with Crippen LogP contribution in [0.5, 0.6) is 0 Å². The molecule has 0 aromatic carbocycles. The van der Waals surface area contributed by atoms with E-state index in [1.54, 1.807) is 0 Å². The number of aliphatic carboxylic acids is 1. The first-order chi connectivity index (χ1) is 9.58. The van der Waals surface area contributed by atoms with E-state index in [-0.39, 0.29) is 25.0 Å². The minimum absolute atomic E-state index is 0.0303. The number of carboxylic acids is 1. The molecule has 1 N–H and O–H groups in total. The van der Waals surface area contributed by atoms with Gasteiger partial charge in [-0.2, -0.15) is 0 Å². The van der Waals surface area contributed by atoms with E-state index in [4.69, 9.17) is 9.84 Å². The van der Waals surface area contributed by atoms with Crippen LogP contribution in [0.3, 0.4) is 0 Å². The van der Waals surface area contributed by atoms with Crippen LogP contribution in [0.1, 0.15) is 29.8 Å². The first-order valence-electron chi connectivity index (χ1n) is 6.82. The second-order valence-electron chi connectivity index (χ2n) is 5.01. The van der Waals surface area contributed by atoms with Crippen LogP contribution in [0.25, 0.3) is 0 Å². The molecular formula is C14H20N2O4. The van der Waals surface area contributed by atoms with Gasteiger partial charge in [-0.05, 0) is 25.0 Å². The van der Waals surface area contributed by atoms with Gasteiger partial charge in [0.1, 0.15) is 5.69 Å². The van der Waals surface area contributed by atoms with Gasteiger partial charge in [0.05, 0.1) is 19.1 Å². The molecule has 0 spiro atoms. The molecule has 6 nitrogen and oxygen atoms in total. The topological polar surface area (TPSA) is 71.8 Å². The average molecular weight is 280 g/mol. The summed E-state index contributed by atoms with van der Waals surface area (Å²) in [7, 11) is 1.86. The zero-order valence-corrected chi connectivity index (χ0v) is 11.6. The van der Waals surface area contributed by atoms with Crippen molar-refractivity contribution in [3.05, 3.63) is 24.0 Å². The Morgan fingerprint density at radius 3 is 2.65 bits per heavy atom. The molecule has 1 aliphatic heterocycles. The maximum absolute atomic E-state index is 12.3. The zero-order chi connectivity index (χ0) is 14.5. The molecule has 1 aromatic heterocycles. The first-order valence-corrected chi connectivity index (χ1v) is 6.82. The van der Waals surface area contributed by atoms with E-state index in [1.165, 1.54) is 0 Å². The lowest BCUT2D eigenvalue weighted by molar-refractivity contribution is -0.138. The smallest absolute Gasteiger partial charge is 0.305 e. The summed E-state index contributed by atoms with van der Waals surface area (Å²) in [5.74, 6) is -0.803. The van der Waals surface area contributed by atoms with Crippen LogP contribution in [-0.4, -0.2) is 52.3 Å². The molecule has 20 heavy (non-hydrogen) atoms. The van der Waals surface area contributed by atoms with Crippen molar-refractivity contribution in [3.8, 4) is 0 Å². The summed E-state index contributed by atoms with van der Waals surface area (Å²) in [5, 5.41) is 8.55. The predicted octanol–water partition coefficient (Wildman–Crippen LogP) is 1.12. The molecule has 1 saturated heterocycles. The quantitative estimate of drug-likeness (QED) is 0.877. The highest BCUT2D eigenvalue weighted by Gasteiger charge is 2.25. The van der Waals surface area contributed by atoms with Crippen molar-refractivity contribution in [2.75, 3.05) is 19.7 Å². The third kappa shape index (κ3) is 3.60. The number of rotatable bonds is 5. The fourth-order valence-corrected chi connectivity index (χ4v) is 2.38. The molecule has 110 valence electrons. The van der Waals surface area contributed by atoms with Gasteiger partial charge in [0.15, 0.2) is 0 Å². The Labute approximate surface area is 117 Å². The molecule has 1 aromatic rings. The minimum Gasteiger partial charge on any atom is -0.481 e. The Kier molecular flexibility index (Phi) is 4.79. The molecule has 1 aliphatic rings. The van der Waals surface area contributed by atoms with Crippen molar-refractivity contribution in [1.29, 1.82) is 0 Å². The van der Waals surface area contributed by atoms with Crippen molar-refractivity contribution in [2.24, 2.45) is 7.05 Å². The number of aromatic nitrogens is 1. The molecular weight excluding hydrogens is 260 g/mol. The van der Waals surface area contributed by atoms with Crippen molar-refractivity contribution in [2.45, 2.75) is 25.4 Å². The van der Waals surface area contributed by atoms with Crippen LogP contribution >= 0.6 is 0 Å². The molecule has 0 bridgehead atoms. The van der Waals surface area contributed by atoms with Crippen molar-refractivity contribution in [1.82, 2.24) is 9.47 Å². The maximum Gasteiger partial charge on any atom is 0.305 e. The van der Waals surface area contributed by atoms with E-state index >= 15 is 0 Å². The summed E-state index contributed by atoms with van der Waals surface area (Å²) < 4.78 is 7.33. The van der Waals surface area contributed by atoms with Crippen molar-refractivity contribution < 1.29 is 19.4 Å². The first kappa shape index (κ1) is 14.6. The monoisotopic (exact) mass is 280 g/mol. The summed E-state index contributed by atoms with van der Waals surface area (Å²) in [6, 6.07) is 3.67. The lowest BCUT2D eigenvalue weighted by Gasteiger charge is -2.32. The Hall–Kier alpha value is -1.82. The molecule has 0 saturated carbocycles. The zero-order valence-electron chi connectivity index (χ0n) is 11.6. The van der Waals surface area contributed by atoms with E-state index in [0.29, 0.717) is 18.8 Å². The van der Waals surface area contributed by atoms with Gasteiger partial charge < -0.3 is 19.3 Å². The number of hydrogen-bond donors (Lipinski definition) is 1. The SMILES string of the molecule is Cn1cccc1C(=O)N1CCC(OCCC(=O)O)CC1. The molecule has 6 heteroatoms. The third-order valence-electron chi connectivity index (χ3n) is 3.56. The van der Waals surface area contributed by atoms with Gasteiger partial charge >= 0.3 is 5.97 Å². The second-order valence-corrected chi connectivity index (χ2v) is 5.01. The molecule has 0 radical (unpaired) electrons.